The first-order valence-corrected chi connectivity index (χ1v) is 11.6. The van der Waals surface area contributed by atoms with Crippen LogP contribution in [0.4, 0.5) is 4.39 Å². The summed E-state index contributed by atoms with van der Waals surface area (Å²) < 4.78 is 22.0. The minimum Gasteiger partial charge on any atom is -0.497 e. The van der Waals surface area contributed by atoms with E-state index in [1.165, 1.54) is 23.0 Å². The molecule has 188 valence electrons. The summed E-state index contributed by atoms with van der Waals surface area (Å²) in [6.45, 7) is -0.319. The molecule has 3 aromatic carbocycles. The Bertz CT molecular complexity index is 1550. The maximum Gasteiger partial charge on any atom is 0.273 e. The van der Waals surface area contributed by atoms with Crippen LogP contribution in [0.1, 0.15) is 27.5 Å². The second kappa shape index (κ2) is 10.2. The van der Waals surface area contributed by atoms with Crippen molar-refractivity contribution in [2.75, 3.05) is 13.7 Å². The van der Waals surface area contributed by atoms with Crippen LogP contribution in [0.25, 0.3) is 16.6 Å². The molecule has 2 aromatic heterocycles. The molecule has 0 aliphatic rings. The highest BCUT2D eigenvalue weighted by molar-refractivity contribution is 5.92. The Labute approximate surface area is 212 Å². The molecule has 2 heterocycles. The molecule has 1 amide bonds. The van der Waals surface area contributed by atoms with Gasteiger partial charge in [0.05, 0.1) is 43.4 Å². The number of nitrogens with one attached hydrogen (secondary N) is 1. The number of amides is 1. The number of carbonyl (C=O) groups is 1. The van der Waals surface area contributed by atoms with Gasteiger partial charge in [-0.05, 0) is 59.7 Å². The number of rotatable bonds is 8. The van der Waals surface area contributed by atoms with E-state index in [4.69, 9.17) is 4.74 Å². The first-order valence-electron chi connectivity index (χ1n) is 11.6. The molecule has 37 heavy (non-hydrogen) atoms. The highest BCUT2D eigenvalue weighted by atomic mass is 19.1. The van der Waals surface area contributed by atoms with Crippen LogP contribution >= 0.6 is 0 Å². The lowest BCUT2D eigenvalue weighted by Crippen LogP contribution is -2.42. The number of aromatic nitrogens is 5. The van der Waals surface area contributed by atoms with Gasteiger partial charge in [-0.15, -0.1) is 5.10 Å². The molecule has 2 unspecified atom stereocenters. The van der Waals surface area contributed by atoms with E-state index in [1.807, 2.05) is 42.5 Å². The zero-order chi connectivity index (χ0) is 25.9. The van der Waals surface area contributed by atoms with Gasteiger partial charge in [-0.1, -0.05) is 23.4 Å². The topological polar surface area (TPSA) is 107 Å². The van der Waals surface area contributed by atoms with Crippen molar-refractivity contribution in [3.8, 4) is 11.4 Å². The lowest BCUT2D eigenvalue weighted by atomic mass is 9.84. The zero-order valence-corrected chi connectivity index (χ0v) is 20.2. The normalized spacial score (nSPS) is 12.9. The molecule has 10 heteroatoms. The molecule has 0 aliphatic heterocycles. The highest BCUT2D eigenvalue weighted by Gasteiger charge is 2.28. The molecule has 9 nitrogen and oxygen atoms in total. The summed E-state index contributed by atoms with van der Waals surface area (Å²) in [5.41, 5.74) is 3.43. The first kappa shape index (κ1) is 24.1. The van der Waals surface area contributed by atoms with E-state index in [9.17, 15) is 14.3 Å². The fourth-order valence-corrected chi connectivity index (χ4v) is 4.45. The van der Waals surface area contributed by atoms with E-state index in [2.05, 4.69) is 20.7 Å². The van der Waals surface area contributed by atoms with E-state index in [1.54, 1.807) is 37.2 Å². The monoisotopic (exact) mass is 500 g/mol. The van der Waals surface area contributed by atoms with Crippen LogP contribution in [0.2, 0.25) is 0 Å². The third-order valence-electron chi connectivity index (χ3n) is 6.23. The van der Waals surface area contributed by atoms with Gasteiger partial charge in [0.25, 0.3) is 5.91 Å². The van der Waals surface area contributed by atoms with Gasteiger partial charge >= 0.3 is 0 Å². The molecule has 5 aromatic rings. The summed E-state index contributed by atoms with van der Waals surface area (Å²) in [5.74, 6) is -0.517. The summed E-state index contributed by atoms with van der Waals surface area (Å²) in [4.78, 5) is 12.9. The van der Waals surface area contributed by atoms with Crippen molar-refractivity contribution in [3.63, 3.8) is 0 Å². The van der Waals surface area contributed by atoms with E-state index in [0.717, 1.165) is 27.7 Å². The van der Waals surface area contributed by atoms with Crippen molar-refractivity contribution in [1.29, 1.82) is 0 Å². The van der Waals surface area contributed by atoms with Crippen molar-refractivity contribution < 1.29 is 19.0 Å². The molecular formula is C27H25FN6O3. The lowest BCUT2D eigenvalue weighted by Gasteiger charge is -2.28. The number of fused-ring (bicyclic) bond motifs is 1. The summed E-state index contributed by atoms with van der Waals surface area (Å²) in [6.07, 6.45) is 3.25. The molecule has 0 saturated carbocycles. The molecule has 2 atom stereocenters. The number of halogens is 1. The fourth-order valence-electron chi connectivity index (χ4n) is 4.45. The van der Waals surface area contributed by atoms with E-state index in [0.29, 0.717) is 5.75 Å². The number of aliphatic hydroxyl groups is 1. The SMILES string of the molecule is COc1cccc(C(c2ccc3c(cnn3-c3ccc(F)cc3)c2)C(CO)NC(=O)c2cn(C)nn2)c1. The molecule has 5 rings (SSSR count). The number of methoxy groups -OCH3 is 1. The highest BCUT2D eigenvalue weighted by Crippen LogP contribution is 2.33. The zero-order valence-electron chi connectivity index (χ0n) is 20.2. The third kappa shape index (κ3) is 4.91. The predicted octanol–water partition coefficient (Wildman–Crippen LogP) is 3.22. The summed E-state index contributed by atoms with van der Waals surface area (Å²) in [7, 11) is 3.26. The quantitative estimate of drug-likeness (QED) is 0.339. The number of aryl methyl sites for hydroxylation is 1. The Morgan fingerprint density at radius 2 is 1.89 bits per heavy atom. The van der Waals surface area contributed by atoms with Gasteiger partial charge in [0.15, 0.2) is 5.69 Å². The van der Waals surface area contributed by atoms with E-state index >= 15 is 0 Å². The van der Waals surface area contributed by atoms with Crippen LogP contribution in [0.15, 0.2) is 79.1 Å². The van der Waals surface area contributed by atoms with Crippen molar-refractivity contribution in [2.24, 2.45) is 7.05 Å². The molecule has 0 aliphatic carbocycles. The summed E-state index contributed by atoms with van der Waals surface area (Å²) in [5, 5.41) is 26.4. The molecule has 0 fully saturated rings. The van der Waals surface area contributed by atoms with Crippen molar-refractivity contribution in [3.05, 3.63) is 102 Å². The van der Waals surface area contributed by atoms with Crippen molar-refractivity contribution in [1.82, 2.24) is 30.1 Å². The van der Waals surface area contributed by atoms with E-state index < -0.39 is 17.9 Å². The van der Waals surface area contributed by atoms with Gasteiger partial charge in [-0.25, -0.2) is 9.07 Å². The first-order chi connectivity index (χ1) is 18.0. The fraction of sp³-hybridized carbons (Fsp3) is 0.185. The second-order valence-corrected chi connectivity index (χ2v) is 8.65. The minimum absolute atomic E-state index is 0.154. The van der Waals surface area contributed by atoms with E-state index in [-0.39, 0.29) is 18.1 Å². The predicted molar refractivity (Wildman–Crippen MR) is 135 cm³/mol. The number of carbonyl (C=O) groups excluding carboxylic acids is 1. The van der Waals surface area contributed by atoms with Gasteiger partial charge in [0.1, 0.15) is 11.6 Å². The number of hydrogen-bond donors (Lipinski definition) is 2. The molecule has 0 spiro atoms. The van der Waals surface area contributed by atoms with Crippen LogP contribution in [0, 0.1) is 5.82 Å². The van der Waals surface area contributed by atoms with Crippen LogP contribution in [-0.2, 0) is 7.05 Å². The Hall–Kier alpha value is -4.57. The second-order valence-electron chi connectivity index (χ2n) is 8.65. The Morgan fingerprint density at radius 3 is 2.59 bits per heavy atom. The van der Waals surface area contributed by atoms with Crippen molar-refractivity contribution in [2.45, 2.75) is 12.0 Å². The molecule has 0 radical (unpaired) electrons. The Morgan fingerprint density at radius 1 is 1.11 bits per heavy atom. The Kier molecular flexibility index (Phi) is 6.65. The molecule has 0 saturated heterocycles. The average molecular weight is 501 g/mol. The smallest absolute Gasteiger partial charge is 0.273 e. The van der Waals surface area contributed by atoms with Gasteiger partial charge in [-0.2, -0.15) is 5.10 Å². The number of hydrogen-bond acceptors (Lipinski definition) is 6. The molecular weight excluding hydrogens is 475 g/mol. The number of ether oxygens (including phenoxy) is 1. The Balaban J connectivity index is 1.56. The minimum atomic E-state index is -0.675. The van der Waals surface area contributed by atoms with Gasteiger partial charge < -0.3 is 15.2 Å². The third-order valence-corrected chi connectivity index (χ3v) is 6.23. The maximum absolute atomic E-state index is 13.4. The lowest BCUT2D eigenvalue weighted by molar-refractivity contribution is 0.0905. The van der Waals surface area contributed by atoms with Crippen molar-refractivity contribution >= 4 is 16.8 Å². The average Bonchev–Trinajstić information content (AvgIpc) is 3.55. The summed E-state index contributed by atoms with van der Waals surface area (Å²) in [6, 6.07) is 18.8. The number of aliphatic hydroxyl groups excluding tert-OH is 1. The standard InChI is InChI=1S/C27H25FN6O3/c1-33-15-23(31-32-33)27(36)30-24(16-35)26(17-4-3-5-22(13-17)37-2)18-6-11-25-19(12-18)14-29-34(25)21-9-7-20(28)8-10-21/h3-15,24,26,35H,16H2,1-2H3,(H,30,36). The van der Waals surface area contributed by atoms with Crippen LogP contribution in [0.3, 0.4) is 0 Å². The van der Waals surface area contributed by atoms with Crippen LogP contribution in [0.5, 0.6) is 5.75 Å². The van der Waals surface area contributed by atoms with Gasteiger partial charge in [0, 0.05) is 18.4 Å². The van der Waals surface area contributed by atoms with Gasteiger partial charge in [0.2, 0.25) is 0 Å². The molecule has 2 N–H and O–H groups in total. The summed E-state index contributed by atoms with van der Waals surface area (Å²) >= 11 is 0. The number of nitrogens with zero attached hydrogens (tertiary/aromatic N) is 5. The van der Waals surface area contributed by atoms with Gasteiger partial charge in [-0.3, -0.25) is 9.48 Å². The van der Waals surface area contributed by atoms with Crippen LogP contribution in [-0.4, -0.2) is 55.5 Å². The molecule has 0 bridgehead atoms. The number of benzene rings is 3. The largest absolute Gasteiger partial charge is 0.497 e. The maximum atomic E-state index is 13.4. The van der Waals surface area contributed by atoms with Crippen LogP contribution < -0.4 is 10.1 Å².